The summed E-state index contributed by atoms with van der Waals surface area (Å²) in [6, 6.07) is 0. The SMILES string of the molecule is C=COC(=O)OC1CC(C)CCC1C(C)C. The van der Waals surface area contributed by atoms with E-state index in [1.165, 1.54) is 6.42 Å². The Kier molecular flexibility index (Phi) is 4.84. The summed E-state index contributed by atoms with van der Waals surface area (Å²) in [5.74, 6) is 1.61. The van der Waals surface area contributed by atoms with Gasteiger partial charge in [-0.15, -0.1) is 0 Å². The molecule has 92 valence electrons. The van der Waals surface area contributed by atoms with Crippen LogP contribution in [-0.4, -0.2) is 12.3 Å². The van der Waals surface area contributed by atoms with Crippen LogP contribution in [0.25, 0.3) is 0 Å². The second-order valence-electron chi connectivity index (χ2n) is 5.02. The third-order valence-electron chi connectivity index (χ3n) is 3.39. The van der Waals surface area contributed by atoms with E-state index in [1.54, 1.807) is 0 Å². The molecule has 1 fully saturated rings. The van der Waals surface area contributed by atoms with Crippen LogP contribution in [0.2, 0.25) is 0 Å². The molecule has 0 aromatic carbocycles. The zero-order valence-electron chi connectivity index (χ0n) is 10.4. The summed E-state index contributed by atoms with van der Waals surface area (Å²) in [6.45, 7) is 9.89. The lowest BCUT2D eigenvalue weighted by Gasteiger charge is -2.36. The lowest BCUT2D eigenvalue weighted by molar-refractivity contribution is -0.0197. The molecule has 3 nitrogen and oxygen atoms in total. The first-order chi connectivity index (χ1) is 7.54. The maximum Gasteiger partial charge on any atom is 0.513 e. The fraction of sp³-hybridized carbons (Fsp3) is 0.769. The summed E-state index contributed by atoms with van der Waals surface area (Å²) in [7, 11) is 0. The van der Waals surface area contributed by atoms with Crippen molar-refractivity contribution < 1.29 is 14.3 Å². The van der Waals surface area contributed by atoms with Gasteiger partial charge in [0.15, 0.2) is 0 Å². The van der Waals surface area contributed by atoms with Gasteiger partial charge in [0.25, 0.3) is 0 Å². The highest BCUT2D eigenvalue weighted by molar-refractivity contribution is 5.60. The fourth-order valence-electron chi connectivity index (χ4n) is 2.47. The van der Waals surface area contributed by atoms with E-state index in [1.807, 2.05) is 0 Å². The standard InChI is InChI=1S/C13H22O3/c1-5-15-13(14)16-12-8-10(4)6-7-11(12)9(2)3/h5,9-12H,1,6-8H2,2-4H3. The average molecular weight is 226 g/mol. The van der Waals surface area contributed by atoms with E-state index in [-0.39, 0.29) is 6.10 Å². The van der Waals surface area contributed by atoms with Crippen molar-refractivity contribution in [1.82, 2.24) is 0 Å². The fourth-order valence-corrected chi connectivity index (χ4v) is 2.47. The van der Waals surface area contributed by atoms with Gasteiger partial charge in [-0.3, -0.25) is 0 Å². The van der Waals surface area contributed by atoms with E-state index in [0.717, 1.165) is 19.1 Å². The molecule has 0 N–H and O–H groups in total. The first-order valence-corrected chi connectivity index (χ1v) is 6.02. The highest BCUT2D eigenvalue weighted by atomic mass is 16.7. The van der Waals surface area contributed by atoms with Crippen molar-refractivity contribution in [2.75, 3.05) is 0 Å². The maximum atomic E-state index is 11.3. The molecule has 0 radical (unpaired) electrons. The highest BCUT2D eigenvalue weighted by Gasteiger charge is 2.33. The molecule has 3 unspecified atom stereocenters. The van der Waals surface area contributed by atoms with Crippen LogP contribution in [0.4, 0.5) is 4.79 Å². The van der Waals surface area contributed by atoms with Crippen LogP contribution in [-0.2, 0) is 9.47 Å². The number of carbonyl (C=O) groups excluding carboxylic acids is 1. The molecule has 1 rings (SSSR count). The van der Waals surface area contributed by atoms with E-state index in [4.69, 9.17) is 4.74 Å². The van der Waals surface area contributed by atoms with E-state index < -0.39 is 6.16 Å². The number of rotatable bonds is 3. The maximum absolute atomic E-state index is 11.3. The minimum atomic E-state index is -0.625. The second kappa shape index (κ2) is 5.92. The first-order valence-electron chi connectivity index (χ1n) is 6.02. The Morgan fingerprint density at radius 2 is 2.12 bits per heavy atom. The summed E-state index contributed by atoms with van der Waals surface area (Å²) >= 11 is 0. The van der Waals surface area contributed by atoms with Crippen LogP contribution >= 0.6 is 0 Å². The largest absolute Gasteiger partial charge is 0.513 e. The Morgan fingerprint density at radius 1 is 1.44 bits per heavy atom. The lowest BCUT2D eigenvalue weighted by atomic mass is 9.75. The van der Waals surface area contributed by atoms with Crippen molar-refractivity contribution in [2.45, 2.75) is 46.1 Å². The molecule has 0 amide bonds. The first kappa shape index (κ1) is 13.1. The highest BCUT2D eigenvalue weighted by Crippen LogP contribution is 2.35. The summed E-state index contributed by atoms with van der Waals surface area (Å²) < 4.78 is 9.95. The van der Waals surface area contributed by atoms with Crippen molar-refractivity contribution in [1.29, 1.82) is 0 Å². The summed E-state index contributed by atoms with van der Waals surface area (Å²) in [4.78, 5) is 11.3. The van der Waals surface area contributed by atoms with E-state index in [2.05, 4.69) is 32.1 Å². The van der Waals surface area contributed by atoms with Gasteiger partial charge in [-0.1, -0.05) is 33.8 Å². The third kappa shape index (κ3) is 3.54. The van der Waals surface area contributed by atoms with Crippen LogP contribution in [0.3, 0.4) is 0 Å². The molecular formula is C13H22O3. The van der Waals surface area contributed by atoms with Gasteiger partial charge in [0.1, 0.15) is 6.10 Å². The average Bonchev–Trinajstić information content (AvgIpc) is 2.17. The number of hydrogen-bond acceptors (Lipinski definition) is 3. The summed E-state index contributed by atoms with van der Waals surface area (Å²) in [5, 5.41) is 0. The third-order valence-corrected chi connectivity index (χ3v) is 3.39. The van der Waals surface area contributed by atoms with Gasteiger partial charge in [-0.05, 0) is 30.6 Å². The molecule has 0 saturated heterocycles. The van der Waals surface area contributed by atoms with Gasteiger partial charge in [0.2, 0.25) is 0 Å². The molecule has 0 spiro atoms. The van der Waals surface area contributed by atoms with E-state index >= 15 is 0 Å². The normalized spacial score (nSPS) is 29.9. The zero-order chi connectivity index (χ0) is 12.1. The van der Waals surface area contributed by atoms with Crippen LogP contribution in [0.1, 0.15) is 40.0 Å². The minimum Gasteiger partial charge on any atom is -0.430 e. The zero-order valence-corrected chi connectivity index (χ0v) is 10.4. The van der Waals surface area contributed by atoms with Gasteiger partial charge in [0.05, 0.1) is 6.26 Å². The molecule has 0 aromatic rings. The molecular weight excluding hydrogens is 204 g/mol. The molecule has 1 aliphatic carbocycles. The quantitative estimate of drug-likeness (QED) is 0.543. The van der Waals surface area contributed by atoms with Crippen molar-refractivity contribution in [3.8, 4) is 0 Å². The molecule has 0 heterocycles. The van der Waals surface area contributed by atoms with Crippen LogP contribution < -0.4 is 0 Å². The molecule has 3 heteroatoms. The minimum absolute atomic E-state index is 0.00352. The topological polar surface area (TPSA) is 35.5 Å². The smallest absolute Gasteiger partial charge is 0.430 e. The van der Waals surface area contributed by atoms with Crippen molar-refractivity contribution in [3.63, 3.8) is 0 Å². The second-order valence-corrected chi connectivity index (χ2v) is 5.02. The molecule has 3 atom stereocenters. The molecule has 16 heavy (non-hydrogen) atoms. The van der Waals surface area contributed by atoms with Crippen LogP contribution in [0, 0.1) is 17.8 Å². The molecule has 1 aliphatic rings. The Balaban J connectivity index is 2.57. The van der Waals surface area contributed by atoms with Gasteiger partial charge in [-0.25, -0.2) is 4.79 Å². The number of ether oxygens (including phenoxy) is 2. The number of carbonyl (C=O) groups is 1. The van der Waals surface area contributed by atoms with Crippen molar-refractivity contribution in [3.05, 3.63) is 12.8 Å². The lowest BCUT2D eigenvalue weighted by Crippen LogP contribution is -2.35. The monoisotopic (exact) mass is 226 g/mol. The van der Waals surface area contributed by atoms with Crippen molar-refractivity contribution in [2.24, 2.45) is 17.8 Å². The van der Waals surface area contributed by atoms with Gasteiger partial charge in [0, 0.05) is 0 Å². The predicted octanol–water partition coefficient (Wildman–Crippen LogP) is 3.74. The Bertz CT molecular complexity index is 248. The van der Waals surface area contributed by atoms with E-state index in [9.17, 15) is 4.79 Å². The summed E-state index contributed by atoms with van der Waals surface area (Å²) in [6.07, 6.45) is 3.77. The van der Waals surface area contributed by atoms with Gasteiger partial charge < -0.3 is 9.47 Å². The van der Waals surface area contributed by atoms with E-state index in [0.29, 0.717) is 17.8 Å². The number of hydrogen-bond donors (Lipinski definition) is 0. The molecule has 0 aromatic heterocycles. The predicted molar refractivity (Wildman–Crippen MR) is 62.9 cm³/mol. The van der Waals surface area contributed by atoms with Gasteiger partial charge in [-0.2, -0.15) is 0 Å². The molecule has 0 aliphatic heterocycles. The van der Waals surface area contributed by atoms with Crippen LogP contribution in [0.15, 0.2) is 12.8 Å². The molecule has 0 bridgehead atoms. The summed E-state index contributed by atoms with van der Waals surface area (Å²) in [5.41, 5.74) is 0. The van der Waals surface area contributed by atoms with Crippen LogP contribution in [0.5, 0.6) is 0 Å². The van der Waals surface area contributed by atoms with Crippen molar-refractivity contribution >= 4 is 6.16 Å². The Morgan fingerprint density at radius 3 is 2.69 bits per heavy atom. The molecule has 1 saturated carbocycles. The Hall–Kier alpha value is -0.990. The Labute approximate surface area is 97.8 Å². The van der Waals surface area contributed by atoms with Gasteiger partial charge >= 0.3 is 6.16 Å².